The first-order valence-corrected chi connectivity index (χ1v) is 9.00. The molecule has 0 aliphatic heterocycles. The Morgan fingerprint density at radius 2 is 1.93 bits per heavy atom. The fourth-order valence-corrected chi connectivity index (χ4v) is 3.41. The fraction of sp³-hybridized carbons (Fsp3) is 0.421. The van der Waals surface area contributed by atoms with E-state index >= 15 is 0 Å². The van der Waals surface area contributed by atoms with E-state index in [2.05, 4.69) is 20.4 Å². The maximum atomic E-state index is 12.9. The van der Waals surface area contributed by atoms with Gasteiger partial charge in [-0.3, -0.25) is 23.8 Å². The Balaban J connectivity index is 1.97. The number of aromatic nitrogens is 5. The van der Waals surface area contributed by atoms with Gasteiger partial charge in [-0.05, 0) is 45.7 Å². The highest BCUT2D eigenvalue weighted by atomic mass is 16.2. The van der Waals surface area contributed by atoms with E-state index in [-0.39, 0.29) is 28.5 Å². The van der Waals surface area contributed by atoms with Gasteiger partial charge in [0.1, 0.15) is 5.65 Å². The lowest BCUT2D eigenvalue weighted by Gasteiger charge is -2.16. The number of hydrogen-bond acceptors (Lipinski definition) is 5. The highest BCUT2D eigenvalue weighted by Gasteiger charge is 2.20. The van der Waals surface area contributed by atoms with Crippen molar-refractivity contribution >= 4 is 16.9 Å². The average molecular weight is 384 g/mol. The molecule has 3 aromatic rings. The molecule has 2 N–H and O–H groups in total. The first-order chi connectivity index (χ1) is 13.1. The first kappa shape index (κ1) is 19.5. The number of H-pyrrole nitrogens is 1. The van der Waals surface area contributed by atoms with Crippen LogP contribution in [0.5, 0.6) is 0 Å². The van der Waals surface area contributed by atoms with Gasteiger partial charge in [0.2, 0.25) is 0 Å². The number of nitrogens with one attached hydrogen (secondary N) is 2. The third kappa shape index (κ3) is 3.35. The normalized spacial score (nSPS) is 12.4. The summed E-state index contributed by atoms with van der Waals surface area (Å²) in [6, 6.07) is 1.38. The van der Waals surface area contributed by atoms with Crippen molar-refractivity contribution in [3.63, 3.8) is 0 Å². The van der Waals surface area contributed by atoms with Gasteiger partial charge in [-0.15, -0.1) is 0 Å². The third-order valence-corrected chi connectivity index (χ3v) is 4.99. The summed E-state index contributed by atoms with van der Waals surface area (Å²) in [6.07, 6.45) is 0.619. The first-order valence-electron chi connectivity index (χ1n) is 9.00. The Morgan fingerprint density at radius 1 is 1.25 bits per heavy atom. The Morgan fingerprint density at radius 3 is 2.54 bits per heavy atom. The summed E-state index contributed by atoms with van der Waals surface area (Å²) in [4.78, 5) is 43.6. The Bertz CT molecular complexity index is 1200. The largest absolute Gasteiger partial charge is 0.349 e. The molecule has 0 unspecified atom stereocenters. The monoisotopic (exact) mass is 384 g/mol. The minimum absolute atomic E-state index is 0.103. The second kappa shape index (κ2) is 7.06. The van der Waals surface area contributed by atoms with E-state index in [4.69, 9.17) is 0 Å². The third-order valence-electron chi connectivity index (χ3n) is 4.99. The standard InChI is InChI=1S/C19H24N6O3/c1-9-8-14(15-16(20-9)24(5)19(28)22-18(15)27)17(26)21-10(2)7-13-11(3)23-25(6)12(13)4/h8,10H,7H2,1-6H3,(H,21,26)(H,22,27,28)/t10-/m1/s1. The molecule has 9 heteroatoms. The Hall–Kier alpha value is -3.23. The number of fused-ring (bicyclic) bond motifs is 1. The molecular formula is C19H24N6O3. The molecule has 0 fully saturated rings. The SMILES string of the molecule is Cc1cc(C(=O)N[C@H](C)Cc2c(C)nn(C)c2C)c2c(=O)[nH]c(=O)n(C)c2n1. The number of rotatable bonds is 4. The molecule has 0 saturated carbocycles. The second-order valence-corrected chi connectivity index (χ2v) is 7.18. The number of carbonyl (C=O) groups is 1. The van der Waals surface area contributed by atoms with E-state index in [1.807, 2.05) is 32.5 Å². The lowest BCUT2D eigenvalue weighted by molar-refractivity contribution is 0.0941. The molecule has 3 heterocycles. The summed E-state index contributed by atoms with van der Waals surface area (Å²) in [6.45, 7) is 7.55. The van der Waals surface area contributed by atoms with Gasteiger partial charge in [-0.1, -0.05) is 0 Å². The molecule has 0 aliphatic rings. The van der Waals surface area contributed by atoms with Crippen molar-refractivity contribution in [3.05, 3.63) is 55.1 Å². The molecule has 0 spiro atoms. The van der Waals surface area contributed by atoms with E-state index in [9.17, 15) is 14.4 Å². The minimum Gasteiger partial charge on any atom is -0.349 e. The van der Waals surface area contributed by atoms with E-state index in [0.717, 1.165) is 17.0 Å². The molecule has 0 radical (unpaired) electrons. The molecule has 1 atom stereocenters. The van der Waals surface area contributed by atoms with Crippen LogP contribution >= 0.6 is 0 Å². The van der Waals surface area contributed by atoms with Crippen LogP contribution in [0.3, 0.4) is 0 Å². The Labute approximate surface area is 161 Å². The topological polar surface area (TPSA) is 115 Å². The van der Waals surface area contributed by atoms with Crippen molar-refractivity contribution in [1.82, 2.24) is 29.6 Å². The quantitative estimate of drug-likeness (QED) is 0.685. The number of nitrogens with zero attached hydrogens (tertiary/aromatic N) is 4. The molecule has 3 rings (SSSR count). The predicted molar refractivity (Wildman–Crippen MR) is 106 cm³/mol. The van der Waals surface area contributed by atoms with Gasteiger partial charge in [0.25, 0.3) is 11.5 Å². The van der Waals surface area contributed by atoms with Gasteiger partial charge in [0, 0.05) is 31.5 Å². The van der Waals surface area contributed by atoms with Gasteiger partial charge < -0.3 is 5.32 Å². The van der Waals surface area contributed by atoms with Crippen molar-refractivity contribution in [2.45, 2.75) is 40.2 Å². The molecule has 148 valence electrons. The number of aryl methyl sites for hydroxylation is 4. The lowest BCUT2D eigenvalue weighted by Crippen LogP contribution is -2.36. The number of carbonyl (C=O) groups excluding carboxylic acids is 1. The van der Waals surface area contributed by atoms with Crippen LogP contribution in [0.15, 0.2) is 15.7 Å². The summed E-state index contributed by atoms with van der Waals surface area (Å²) in [5, 5.41) is 7.45. The van der Waals surface area contributed by atoms with E-state index < -0.39 is 11.2 Å². The molecular weight excluding hydrogens is 360 g/mol. The number of amides is 1. The second-order valence-electron chi connectivity index (χ2n) is 7.18. The van der Waals surface area contributed by atoms with Crippen LogP contribution in [0.4, 0.5) is 0 Å². The minimum atomic E-state index is -0.623. The van der Waals surface area contributed by atoms with Crippen molar-refractivity contribution < 1.29 is 4.79 Å². The molecule has 28 heavy (non-hydrogen) atoms. The van der Waals surface area contributed by atoms with Crippen molar-refractivity contribution in [1.29, 1.82) is 0 Å². The van der Waals surface area contributed by atoms with Gasteiger partial charge in [0.05, 0.1) is 16.6 Å². The van der Waals surface area contributed by atoms with Gasteiger partial charge >= 0.3 is 5.69 Å². The Kier molecular flexibility index (Phi) is 4.93. The zero-order valence-corrected chi connectivity index (χ0v) is 16.9. The van der Waals surface area contributed by atoms with Gasteiger partial charge in [-0.25, -0.2) is 9.78 Å². The highest BCUT2D eigenvalue weighted by Crippen LogP contribution is 2.16. The van der Waals surface area contributed by atoms with Crippen LogP contribution in [0.25, 0.3) is 11.0 Å². The van der Waals surface area contributed by atoms with Crippen molar-refractivity contribution in [3.8, 4) is 0 Å². The highest BCUT2D eigenvalue weighted by molar-refractivity contribution is 6.05. The molecule has 0 bridgehead atoms. The molecule has 0 saturated heterocycles. The average Bonchev–Trinajstić information content (AvgIpc) is 2.85. The van der Waals surface area contributed by atoms with Crippen molar-refractivity contribution in [2.24, 2.45) is 14.1 Å². The molecule has 1 amide bonds. The molecule has 0 aromatic carbocycles. The smallest absolute Gasteiger partial charge is 0.329 e. The molecule has 3 aromatic heterocycles. The van der Waals surface area contributed by atoms with Gasteiger partial charge in [0.15, 0.2) is 0 Å². The van der Waals surface area contributed by atoms with Crippen LogP contribution in [-0.4, -0.2) is 36.3 Å². The van der Waals surface area contributed by atoms with Crippen LogP contribution in [0.2, 0.25) is 0 Å². The summed E-state index contributed by atoms with van der Waals surface area (Å²) >= 11 is 0. The van der Waals surface area contributed by atoms with Crippen LogP contribution in [0.1, 0.15) is 39.9 Å². The fourth-order valence-electron chi connectivity index (χ4n) is 3.41. The van der Waals surface area contributed by atoms with Crippen LogP contribution in [0, 0.1) is 20.8 Å². The summed E-state index contributed by atoms with van der Waals surface area (Å²) in [5.41, 5.74) is 2.81. The molecule has 0 aliphatic carbocycles. The number of pyridine rings is 1. The van der Waals surface area contributed by atoms with E-state index in [0.29, 0.717) is 12.1 Å². The van der Waals surface area contributed by atoms with E-state index in [1.165, 1.54) is 11.6 Å². The predicted octanol–water partition coefficient (Wildman–Crippen LogP) is 0.642. The zero-order chi connectivity index (χ0) is 20.7. The van der Waals surface area contributed by atoms with Crippen LogP contribution < -0.4 is 16.6 Å². The van der Waals surface area contributed by atoms with Crippen LogP contribution in [-0.2, 0) is 20.5 Å². The van der Waals surface area contributed by atoms with Gasteiger partial charge in [-0.2, -0.15) is 5.10 Å². The van der Waals surface area contributed by atoms with Crippen molar-refractivity contribution in [2.75, 3.05) is 0 Å². The summed E-state index contributed by atoms with van der Waals surface area (Å²) in [5.74, 6) is -0.383. The maximum Gasteiger partial charge on any atom is 0.329 e. The molecule has 9 nitrogen and oxygen atoms in total. The number of aromatic amines is 1. The lowest BCUT2D eigenvalue weighted by atomic mass is 10.0. The zero-order valence-electron chi connectivity index (χ0n) is 16.9. The maximum absolute atomic E-state index is 12.9. The summed E-state index contributed by atoms with van der Waals surface area (Å²) in [7, 11) is 3.39. The van der Waals surface area contributed by atoms with E-state index in [1.54, 1.807) is 13.0 Å². The summed E-state index contributed by atoms with van der Waals surface area (Å²) < 4.78 is 3.05. The number of hydrogen-bond donors (Lipinski definition) is 2.